The number of phenolic OH excluding ortho intramolecular Hbond substituents is 1. The standard InChI is InChI=1S/C19H15ClN2O4S/c1-11-3-5-12(6-4-11)27(24,25)22-14-7-8-21-19(20)18(14)13-9-17(26-2)16(23)10-15(13)22/h3-10,23H,1-2H3. The minimum Gasteiger partial charge on any atom is -0.504 e. The average molecular weight is 403 g/mol. The molecule has 0 atom stereocenters. The molecule has 2 heterocycles. The zero-order valence-corrected chi connectivity index (χ0v) is 16.0. The molecule has 4 aromatic rings. The molecule has 1 N–H and O–H groups in total. The van der Waals surface area contributed by atoms with Gasteiger partial charge in [0.25, 0.3) is 10.0 Å². The van der Waals surface area contributed by atoms with E-state index < -0.39 is 10.0 Å². The Bertz CT molecular complexity index is 1300. The number of aromatic hydroxyl groups is 1. The van der Waals surface area contributed by atoms with Gasteiger partial charge in [-0.05, 0) is 31.2 Å². The van der Waals surface area contributed by atoms with Gasteiger partial charge in [-0.2, -0.15) is 0 Å². The first-order chi connectivity index (χ1) is 12.8. The van der Waals surface area contributed by atoms with Crippen LogP contribution in [-0.4, -0.2) is 29.6 Å². The third-order valence-corrected chi connectivity index (χ3v) is 6.47. The van der Waals surface area contributed by atoms with Crippen molar-refractivity contribution in [2.24, 2.45) is 0 Å². The fourth-order valence-corrected chi connectivity index (χ4v) is 4.91. The van der Waals surface area contributed by atoms with E-state index in [0.717, 1.165) is 5.56 Å². The number of rotatable bonds is 3. The van der Waals surface area contributed by atoms with Gasteiger partial charge in [0.05, 0.1) is 23.0 Å². The van der Waals surface area contributed by atoms with Crippen LogP contribution < -0.4 is 4.74 Å². The zero-order chi connectivity index (χ0) is 19.3. The second-order valence-electron chi connectivity index (χ2n) is 6.12. The number of aryl methyl sites for hydroxylation is 1. The molecular formula is C19H15ClN2O4S. The van der Waals surface area contributed by atoms with Crippen molar-refractivity contribution >= 4 is 43.4 Å². The lowest BCUT2D eigenvalue weighted by atomic mass is 10.2. The predicted octanol–water partition coefficient (Wildman–Crippen LogP) is 4.10. The van der Waals surface area contributed by atoms with Crippen LogP contribution in [0.2, 0.25) is 5.15 Å². The molecule has 27 heavy (non-hydrogen) atoms. The molecule has 0 saturated heterocycles. The van der Waals surface area contributed by atoms with Gasteiger partial charge in [-0.3, -0.25) is 0 Å². The molecule has 0 aliphatic rings. The molecule has 0 fully saturated rings. The number of nitrogens with zero attached hydrogens (tertiary/aromatic N) is 2. The van der Waals surface area contributed by atoms with E-state index in [-0.39, 0.29) is 21.5 Å². The Morgan fingerprint density at radius 1 is 1.11 bits per heavy atom. The molecule has 8 heteroatoms. The fourth-order valence-electron chi connectivity index (χ4n) is 3.14. The van der Waals surface area contributed by atoms with E-state index in [1.165, 1.54) is 23.3 Å². The van der Waals surface area contributed by atoms with Crippen LogP contribution in [0.4, 0.5) is 0 Å². The van der Waals surface area contributed by atoms with E-state index >= 15 is 0 Å². The molecule has 0 aliphatic heterocycles. The summed E-state index contributed by atoms with van der Waals surface area (Å²) in [7, 11) is -2.52. The lowest BCUT2D eigenvalue weighted by molar-refractivity contribution is 0.374. The number of phenols is 1. The van der Waals surface area contributed by atoms with Crippen molar-refractivity contribution in [2.45, 2.75) is 11.8 Å². The van der Waals surface area contributed by atoms with E-state index in [2.05, 4.69) is 4.98 Å². The topological polar surface area (TPSA) is 81.4 Å². The molecule has 0 unspecified atom stereocenters. The molecule has 0 saturated carbocycles. The summed E-state index contributed by atoms with van der Waals surface area (Å²) in [4.78, 5) is 4.20. The maximum absolute atomic E-state index is 13.4. The van der Waals surface area contributed by atoms with E-state index in [1.807, 2.05) is 6.92 Å². The molecule has 2 aromatic heterocycles. The van der Waals surface area contributed by atoms with E-state index in [0.29, 0.717) is 21.8 Å². The number of benzene rings is 2. The van der Waals surface area contributed by atoms with Gasteiger partial charge < -0.3 is 9.84 Å². The van der Waals surface area contributed by atoms with Gasteiger partial charge in [0.15, 0.2) is 11.5 Å². The Kier molecular flexibility index (Phi) is 4.01. The number of methoxy groups -OCH3 is 1. The van der Waals surface area contributed by atoms with E-state index in [4.69, 9.17) is 16.3 Å². The number of ether oxygens (including phenoxy) is 1. The monoisotopic (exact) mass is 402 g/mol. The average Bonchev–Trinajstić information content (AvgIpc) is 2.96. The summed E-state index contributed by atoms with van der Waals surface area (Å²) in [5.74, 6) is 0.0476. The van der Waals surface area contributed by atoms with Crippen LogP contribution in [0.25, 0.3) is 21.8 Å². The number of fused-ring (bicyclic) bond motifs is 3. The number of hydrogen-bond donors (Lipinski definition) is 1. The maximum Gasteiger partial charge on any atom is 0.268 e. The van der Waals surface area contributed by atoms with Crippen molar-refractivity contribution < 1.29 is 18.3 Å². The van der Waals surface area contributed by atoms with Gasteiger partial charge in [-0.1, -0.05) is 29.3 Å². The molecule has 0 aliphatic carbocycles. The molecule has 2 aromatic carbocycles. The maximum atomic E-state index is 13.4. The first kappa shape index (κ1) is 17.6. The minimum absolute atomic E-state index is 0.134. The molecular weight excluding hydrogens is 388 g/mol. The molecule has 6 nitrogen and oxygen atoms in total. The van der Waals surface area contributed by atoms with Crippen molar-refractivity contribution in [1.29, 1.82) is 0 Å². The van der Waals surface area contributed by atoms with Crippen LogP contribution in [0.15, 0.2) is 53.6 Å². The van der Waals surface area contributed by atoms with Crippen LogP contribution in [-0.2, 0) is 10.0 Å². The summed E-state index contributed by atoms with van der Waals surface area (Å²) in [6, 6.07) is 11.1. The smallest absolute Gasteiger partial charge is 0.268 e. The van der Waals surface area contributed by atoms with Gasteiger partial charge in [-0.25, -0.2) is 17.4 Å². The van der Waals surface area contributed by atoms with Crippen LogP contribution in [0.3, 0.4) is 0 Å². The molecule has 4 rings (SSSR count). The number of halogens is 1. The van der Waals surface area contributed by atoms with E-state index in [1.54, 1.807) is 36.4 Å². The van der Waals surface area contributed by atoms with Crippen LogP contribution in [0.5, 0.6) is 11.5 Å². The van der Waals surface area contributed by atoms with Gasteiger partial charge in [0, 0.05) is 23.0 Å². The second kappa shape index (κ2) is 6.14. The molecule has 0 spiro atoms. The summed E-state index contributed by atoms with van der Waals surface area (Å²) in [5.41, 5.74) is 1.61. The minimum atomic E-state index is -3.94. The normalized spacial score (nSPS) is 12.0. The molecule has 138 valence electrons. The predicted molar refractivity (Wildman–Crippen MR) is 104 cm³/mol. The third kappa shape index (κ3) is 2.62. The van der Waals surface area contributed by atoms with Crippen molar-refractivity contribution in [3.05, 3.63) is 59.4 Å². The Hall–Kier alpha value is -2.77. The first-order valence-corrected chi connectivity index (χ1v) is 9.84. The molecule has 0 amide bonds. The summed E-state index contributed by atoms with van der Waals surface area (Å²) >= 11 is 6.28. The Labute approximate surface area is 160 Å². The molecule has 0 bridgehead atoms. The highest BCUT2D eigenvalue weighted by Crippen LogP contribution is 2.40. The number of hydrogen-bond acceptors (Lipinski definition) is 5. The Morgan fingerprint density at radius 2 is 1.81 bits per heavy atom. The lowest BCUT2D eigenvalue weighted by Gasteiger charge is -2.10. The summed E-state index contributed by atoms with van der Waals surface area (Å²) < 4.78 is 33.1. The van der Waals surface area contributed by atoms with Crippen LogP contribution in [0.1, 0.15) is 5.56 Å². The van der Waals surface area contributed by atoms with Crippen molar-refractivity contribution in [2.75, 3.05) is 7.11 Å². The summed E-state index contributed by atoms with van der Waals surface area (Å²) in [6.07, 6.45) is 1.45. The fraction of sp³-hybridized carbons (Fsp3) is 0.105. The van der Waals surface area contributed by atoms with Gasteiger partial charge in [-0.15, -0.1) is 0 Å². The van der Waals surface area contributed by atoms with Crippen molar-refractivity contribution in [3.63, 3.8) is 0 Å². The SMILES string of the molecule is COc1cc2c3c(Cl)nccc3n(S(=O)(=O)c3ccc(C)cc3)c2cc1O. The summed E-state index contributed by atoms with van der Waals surface area (Å²) in [6.45, 7) is 1.88. The highest BCUT2D eigenvalue weighted by Gasteiger charge is 2.25. The van der Waals surface area contributed by atoms with E-state index in [9.17, 15) is 13.5 Å². The first-order valence-electron chi connectivity index (χ1n) is 8.02. The van der Waals surface area contributed by atoms with Crippen molar-refractivity contribution in [3.8, 4) is 11.5 Å². The van der Waals surface area contributed by atoms with Gasteiger partial charge in [0.2, 0.25) is 0 Å². The van der Waals surface area contributed by atoms with Crippen LogP contribution >= 0.6 is 11.6 Å². The van der Waals surface area contributed by atoms with Gasteiger partial charge >= 0.3 is 0 Å². The lowest BCUT2D eigenvalue weighted by Crippen LogP contribution is -2.12. The number of pyridine rings is 1. The highest BCUT2D eigenvalue weighted by atomic mass is 35.5. The largest absolute Gasteiger partial charge is 0.504 e. The highest BCUT2D eigenvalue weighted by molar-refractivity contribution is 7.90. The quantitative estimate of drug-likeness (QED) is 0.522. The molecule has 0 radical (unpaired) electrons. The van der Waals surface area contributed by atoms with Gasteiger partial charge in [0.1, 0.15) is 5.15 Å². The number of aromatic nitrogens is 2. The Morgan fingerprint density at radius 3 is 2.48 bits per heavy atom. The third-order valence-electron chi connectivity index (χ3n) is 4.45. The Balaban J connectivity index is 2.18. The van der Waals surface area contributed by atoms with Crippen molar-refractivity contribution in [1.82, 2.24) is 8.96 Å². The summed E-state index contributed by atoms with van der Waals surface area (Å²) in [5, 5.41) is 11.4. The zero-order valence-electron chi connectivity index (χ0n) is 14.5. The second-order valence-corrected chi connectivity index (χ2v) is 8.26. The van der Waals surface area contributed by atoms with Crippen LogP contribution in [0, 0.1) is 6.92 Å².